The van der Waals surface area contributed by atoms with Crippen molar-refractivity contribution in [2.45, 2.75) is 33.8 Å². The number of aliphatic hydroxyl groups excluding tert-OH is 1. The molecule has 0 saturated heterocycles. The standard InChI is InChI=1S/C13H26NO3.BF4/c1-6-14(7-2,8-3)9-12(15)10-17-13(16)11(4)5;2-1(3,4)5/h12,15H,4,6-10H2,1-3,5H3;/q+1;-1. The van der Waals surface area contributed by atoms with Gasteiger partial charge in [-0.25, -0.2) is 4.79 Å². The molecule has 0 aromatic heterocycles. The van der Waals surface area contributed by atoms with E-state index < -0.39 is 19.3 Å². The van der Waals surface area contributed by atoms with Gasteiger partial charge in [-0.2, -0.15) is 0 Å². The third kappa shape index (κ3) is 12.6. The van der Waals surface area contributed by atoms with Crippen LogP contribution in [0.25, 0.3) is 0 Å². The molecule has 0 saturated carbocycles. The quantitative estimate of drug-likeness (QED) is 0.245. The van der Waals surface area contributed by atoms with Gasteiger partial charge < -0.3 is 31.6 Å². The van der Waals surface area contributed by atoms with Crippen LogP contribution < -0.4 is 0 Å². The molecule has 0 bridgehead atoms. The number of aliphatic hydroxyl groups is 1. The predicted octanol–water partition coefficient (Wildman–Crippen LogP) is 2.64. The van der Waals surface area contributed by atoms with E-state index in [0.29, 0.717) is 12.1 Å². The summed E-state index contributed by atoms with van der Waals surface area (Å²) in [6.07, 6.45) is -0.613. The van der Waals surface area contributed by atoms with Crippen LogP contribution in [-0.2, 0) is 9.53 Å². The number of carbonyl (C=O) groups excluding carboxylic acids is 1. The van der Waals surface area contributed by atoms with Gasteiger partial charge in [-0.3, -0.25) is 0 Å². The number of hydrogen-bond donors (Lipinski definition) is 1. The molecular weight excluding hydrogens is 305 g/mol. The Labute approximate surface area is 129 Å². The molecule has 0 fully saturated rings. The van der Waals surface area contributed by atoms with Gasteiger partial charge in [-0.15, -0.1) is 0 Å². The zero-order valence-corrected chi connectivity index (χ0v) is 13.6. The van der Waals surface area contributed by atoms with E-state index in [-0.39, 0.29) is 6.61 Å². The van der Waals surface area contributed by atoms with Crippen LogP contribution in [0.1, 0.15) is 27.7 Å². The van der Waals surface area contributed by atoms with Crippen molar-refractivity contribution >= 4 is 13.2 Å². The first kappa shape index (κ1) is 23.2. The summed E-state index contributed by atoms with van der Waals surface area (Å²) < 4.78 is 44.8. The topological polar surface area (TPSA) is 46.5 Å². The Balaban J connectivity index is 0. The fraction of sp³-hybridized carbons (Fsp3) is 0.769. The second kappa shape index (κ2) is 10.6. The maximum atomic E-state index is 11.2. The highest BCUT2D eigenvalue weighted by molar-refractivity contribution is 6.50. The molecule has 9 heteroatoms. The van der Waals surface area contributed by atoms with Crippen molar-refractivity contribution < 1.29 is 36.4 Å². The number of nitrogens with zero attached hydrogens (tertiary/aromatic N) is 1. The van der Waals surface area contributed by atoms with Gasteiger partial charge in [0.25, 0.3) is 0 Å². The van der Waals surface area contributed by atoms with Crippen molar-refractivity contribution in [3.63, 3.8) is 0 Å². The second-order valence-corrected chi connectivity index (χ2v) is 5.00. The first-order valence-electron chi connectivity index (χ1n) is 7.13. The van der Waals surface area contributed by atoms with Crippen molar-refractivity contribution in [3.05, 3.63) is 12.2 Å². The van der Waals surface area contributed by atoms with E-state index >= 15 is 0 Å². The molecule has 0 radical (unpaired) electrons. The maximum absolute atomic E-state index is 11.2. The largest absolute Gasteiger partial charge is 0.673 e. The molecule has 22 heavy (non-hydrogen) atoms. The lowest BCUT2D eigenvalue weighted by atomic mass is 10.2. The van der Waals surface area contributed by atoms with E-state index in [2.05, 4.69) is 27.4 Å². The van der Waals surface area contributed by atoms with Crippen LogP contribution in [0.2, 0.25) is 0 Å². The molecule has 0 heterocycles. The van der Waals surface area contributed by atoms with Gasteiger partial charge >= 0.3 is 13.2 Å². The lowest BCUT2D eigenvalue weighted by molar-refractivity contribution is -0.926. The normalized spacial score (nSPS) is 13.0. The molecular formula is C13H26BF4NO3. The van der Waals surface area contributed by atoms with Gasteiger partial charge in [0.1, 0.15) is 19.3 Å². The molecule has 0 aliphatic rings. The lowest BCUT2D eigenvalue weighted by Crippen LogP contribution is -2.52. The third-order valence-corrected chi connectivity index (χ3v) is 3.37. The van der Waals surface area contributed by atoms with Gasteiger partial charge in [0.2, 0.25) is 0 Å². The van der Waals surface area contributed by atoms with Gasteiger partial charge in [0.05, 0.1) is 19.6 Å². The second-order valence-electron chi connectivity index (χ2n) is 5.00. The molecule has 0 aliphatic heterocycles. The van der Waals surface area contributed by atoms with Crippen molar-refractivity contribution in [2.75, 3.05) is 32.8 Å². The van der Waals surface area contributed by atoms with E-state index in [1.165, 1.54) is 0 Å². The minimum Gasteiger partial charge on any atom is -0.459 e. The lowest BCUT2D eigenvalue weighted by Gasteiger charge is -2.37. The van der Waals surface area contributed by atoms with E-state index in [1.807, 2.05) is 0 Å². The molecule has 1 unspecified atom stereocenters. The summed E-state index contributed by atoms with van der Waals surface area (Å²) in [7, 11) is -6.00. The maximum Gasteiger partial charge on any atom is 0.673 e. The van der Waals surface area contributed by atoms with E-state index in [0.717, 1.165) is 24.1 Å². The highest BCUT2D eigenvalue weighted by atomic mass is 19.5. The zero-order valence-electron chi connectivity index (χ0n) is 13.6. The Morgan fingerprint density at radius 1 is 1.18 bits per heavy atom. The Morgan fingerprint density at radius 2 is 1.55 bits per heavy atom. The average Bonchev–Trinajstić information content (AvgIpc) is 2.40. The number of ether oxygens (including phenoxy) is 1. The Kier molecular flexibility index (Phi) is 11.2. The van der Waals surface area contributed by atoms with Gasteiger partial charge in [-0.05, 0) is 27.7 Å². The first-order valence-corrected chi connectivity index (χ1v) is 7.13. The van der Waals surface area contributed by atoms with E-state index in [1.54, 1.807) is 6.92 Å². The fourth-order valence-electron chi connectivity index (χ4n) is 1.85. The summed E-state index contributed by atoms with van der Waals surface area (Å²) in [5.41, 5.74) is 0.361. The van der Waals surface area contributed by atoms with Gasteiger partial charge in [0, 0.05) is 5.57 Å². The van der Waals surface area contributed by atoms with Crippen LogP contribution in [0.5, 0.6) is 0 Å². The number of hydrogen-bond acceptors (Lipinski definition) is 3. The van der Waals surface area contributed by atoms with Crippen molar-refractivity contribution in [1.82, 2.24) is 0 Å². The average molecular weight is 331 g/mol. The van der Waals surface area contributed by atoms with Crippen LogP contribution in [0.15, 0.2) is 12.2 Å². The third-order valence-electron chi connectivity index (χ3n) is 3.37. The number of likely N-dealkylation sites (N-methyl/N-ethyl adjacent to an activating group) is 1. The van der Waals surface area contributed by atoms with Crippen LogP contribution in [0.3, 0.4) is 0 Å². The fourth-order valence-corrected chi connectivity index (χ4v) is 1.85. The van der Waals surface area contributed by atoms with Crippen molar-refractivity contribution in [2.24, 2.45) is 0 Å². The minimum atomic E-state index is -6.00. The predicted molar refractivity (Wildman–Crippen MR) is 78.7 cm³/mol. The smallest absolute Gasteiger partial charge is 0.459 e. The van der Waals surface area contributed by atoms with Crippen LogP contribution in [0, 0.1) is 0 Å². The molecule has 0 spiro atoms. The van der Waals surface area contributed by atoms with Crippen LogP contribution >= 0.6 is 0 Å². The zero-order chi connectivity index (χ0) is 18.0. The summed E-state index contributed by atoms with van der Waals surface area (Å²) in [6, 6.07) is 0. The number of quaternary nitrogens is 1. The van der Waals surface area contributed by atoms with Crippen LogP contribution in [-0.4, -0.2) is 61.7 Å². The molecule has 0 aromatic rings. The highest BCUT2D eigenvalue weighted by Gasteiger charge is 2.25. The summed E-state index contributed by atoms with van der Waals surface area (Å²) >= 11 is 0. The molecule has 4 nitrogen and oxygen atoms in total. The first-order chi connectivity index (χ1) is 9.90. The van der Waals surface area contributed by atoms with E-state index in [9.17, 15) is 27.2 Å². The minimum absolute atomic E-state index is 0.0473. The SMILES string of the molecule is C=C(C)C(=O)OCC(O)C[N+](CC)(CC)CC.F[B-](F)(F)F. The molecule has 0 amide bonds. The molecule has 1 N–H and O–H groups in total. The Morgan fingerprint density at radius 3 is 1.82 bits per heavy atom. The molecule has 132 valence electrons. The summed E-state index contributed by atoms with van der Waals surface area (Å²) in [6.45, 7) is 15.0. The number of esters is 1. The molecule has 0 rings (SSSR count). The molecule has 0 aliphatic carbocycles. The van der Waals surface area contributed by atoms with Gasteiger partial charge in [-0.1, -0.05) is 6.58 Å². The van der Waals surface area contributed by atoms with Crippen molar-refractivity contribution in [3.8, 4) is 0 Å². The van der Waals surface area contributed by atoms with Crippen LogP contribution in [0.4, 0.5) is 17.3 Å². The summed E-state index contributed by atoms with van der Waals surface area (Å²) in [5, 5.41) is 9.89. The molecule has 1 atom stereocenters. The molecule has 0 aromatic carbocycles. The summed E-state index contributed by atoms with van der Waals surface area (Å²) in [5.74, 6) is -0.438. The Hall–Kier alpha value is -1.09. The van der Waals surface area contributed by atoms with Gasteiger partial charge in [0.15, 0.2) is 0 Å². The number of halogens is 4. The summed E-state index contributed by atoms with van der Waals surface area (Å²) in [4.78, 5) is 11.2. The number of carbonyl (C=O) groups is 1. The van der Waals surface area contributed by atoms with Crippen molar-refractivity contribution in [1.29, 1.82) is 0 Å². The number of rotatable bonds is 8. The monoisotopic (exact) mass is 331 g/mol. The van der Waals surface area contributed by atoms with E-state index in [4.69, 9.17) is 4.74 Å². The Bertz CT molecular complexity index is 332. The highest BCUT2D eigenvalue weighted by Crippen LogP contribution is 2.08.